The van der Waals surface area contributed by atoms with E-state index >= 15 is 0 Å². The zero-order valence-electron chi connectivity index (χ0n) is 19.2. The van der Waals surface area contributed by atoms with Crippen LogP contribution in [0, 0.1) is 29.6 Å². The fraction of sp³-hybridized carbons (Fsp3) is 0.440. The lowest BCUT2D eigenvalue weighted by Gasteiger charge is -2.42. The number of amides is 2. The van der Waals surface area contributed by atoms with Crippen molar-refractivity contribution in [2.75, 3.05) is 50.1 Å². The number of nitrogens with zero attached hydrogens (tertiary/aromatic N) is 3. The number of likely N-dealkylation sites (tertiary alicyclic amines) is 1. The van der Waals surface area contributed by atoms with Gasteiger partial charge in [0.2, 0.25) is 0 Å². The average Bonchev–Trinajstić information content (AvgIpc) is 3.18. The summed E-state index contributed by atoms with van der Waals surface area (Å²) in [5, 5.41) is 12.0. The summed E-state index contributed by atoms with van der Waals surface area (Å²) in [5.74, 6) is 0.0370. The van der Waals surface area contributed by atoms with Gasteiger partial charge in [0.05, 0.1) is 23.8 Å². The minimum atomic E-state index is -4.61. The number of carbonyl (C=O) groups excluding carboxylic acids is 1. The number of hydrogen-bond acceptors (Lipinski definition) is 4. The number of anilines is 2. The van der Waals surface area contributed by atoms with Crippen molar-refractivity contribution in [3.63, 3.8) is 0 Å². The second-order valence-corrected chi connectivity index (χ2v) is 9.20. The smallest absolute Gasteiger partial charge is 0.384 e. The van der Waals surface area contributed by atoms with Gasteiger partial charge in [0, 0.05) is 56.0 Å². The van der Waals surface area contributed by atoms with Crippen LogP contribution in [-0.2, 0) is 10.9 Å². The van der Waals surface area contributed by atoms with Gasteiger partial charge in [-0.1, -0.05) is 17.7 Å². The molecule has 2 unspecified atom stereocenters. The van der Waals surface area contributed by atoms with Crippen LogP contribution >= 0.6 is 0 Å². The van der Waals surface area contributed by atoms with Gasteiger partial charge >= 0.3 is 12.2 Å². The van der Waals surface area contributed by atoms with E-state index in [1.807, 2.05) is 36.1 Å². The largest absolute Gasteiger partial charge is 0.417 e. The number of nitrogens with one attached hydrogen (secondary N) is 1. The van der Waals surface area contributed by atoms with Gasteiger partial charge in [-0.25, -0.2) is 4.79 Å². The van der Waals surface area contributed by atoms with Crippen LogP contribution < -0.4 is 10.2 Å². The summed E-state index contributed by atoms with van der Waals surface area (Å²) >= 11 is 0. The predicted molar refractivity (Wildman–Crippen MR) is 123 cm³/mol. The van der Waals surface area contributed by atoms with Crippen molar-refractivity contribution in [1.82, 2.24) is 4.90 Å². The van der Waals surface area contributed by atoms with E-state index in [0.29, 0.717) is 44.9 Å². The summed E-state index contributed by atoms with van der Waals surface area (Å²) in [6.07, 6.45) is -3.92. The molecule has 2 atom stereocenters. The van der Waals surface area contributed by atoms with E-state index in [-0.39, 0.29) is 17.4 Å². The van der Waals surface area contributed by atoms with Crippen LogP contribution in [0.25, 0.3) is 0 Å². The molecule has 0 radical (unpaired) electrons. The molecule has 2 aliphatic rings. The highest BCUT2D eigenvalue weighted by Gasteiger charge is 2.50. The van der Waals surface area contributed by atoms with E-state index in [0.717, 1.165) is 17.3 Å². The number of methoxy groups -OCH3 is 1. The van der Waals surface area contributed by atoms with E-state index in [1.54, 1.807) is 24.1 Å². The van der Waals surface area contributed by atoms with E-state index in [9.17, 15) is 18.0 Å². The number of piperidine rings is 1. The van der Waals surface area contributed by atoms with Crippen molar-refractivity contribution in [3.8, 4) is 6.07 Å². The molecule has 34 heavy (non-hydrogen) atoms. The molecule has 0 spiro atoms. The summed E-state index contributed by atoms with van der Waals surface area (Å²) in [7, 11) is 1.62. The molecule has 2 aliphatic heterocycles. The molecule has 1 N–H and O–H groups in total. The van der Waals surface area contributed by atoms with E-state index < -0.39 is 17.3 Å². The van der Waals surface area contributed by atoms with Crippen molar-refractivity contribution in [2.45, 2.75) is 19.5 Å². The molecule has 2 aromatic carbocycles. The van der Waals surface area contributed by atoms with E-state index in [1.165, 1.54) is 6.07 Å². The summed E-state index contributed by atoms with van der Waals surface area (Å²) in [6.45, 7) is 4.49. The van der Waals surface area contributed by atoms with Gasteiger partial charge in [-0.05, 0) is 43.7 Å². The van der Waals surface area contributed by atoms with Crippen molar-refractivity contribution in [2.24, 2.45) is 11.3 Å². The first-order valence-corrected chi connectivity index (χ1v) is 11.1. The minimum absolute atomic E-state index is 0.0370. The Morgan fingerprint density at radius 2 is 1.97 bits per heavy atom. The van der Waals surface area contributed by atoms with Gasteiger partial charge in [-0.2, -0.15) is 18.4 Å². The summed E-state index contributed by atoms with van der Waals surface area (Å²) in [6, 6.07) is 12.8. The molecule has 4 rings (SSSR count). The topological polar surface area (TPSA) is 68.6 Å². The number of carbonyl (C=O) groups is 1. The Kier molecular flexibility index (Phi) is 6.45. The number of ether oxygens (including phenoxy) is 1. The Hall–Kier alpha value is -3.25. The van der Waals surface area contributed by atoms with Crippen LogP contribution in [0.5, 0.6) is 0 Å². The molecule has 180 valence electrons. The molecular weight excluding hydrogens is 445 g/mol. The minimum Gasteiger partial charge on any atom is -0.384 e. The molecule has 9 heteroatoms. The van der Waals surface area contributed by atoms with Crippen LogP contribution in [0.15, 0.2) is 42.5 Å². The van der Waals surface area contributed by atoms with Crippen LogP contribution in [0.2, 0.25) is 0 Å². The van der Waals surface area contributed by atoms with E-state index in [4.69, 9.17) is 10.00 Å². The van der Waals surface area contributed by atoms with Gasteiger partial charge in [-0.3, -0.25) is 0 Å². The number of benzene rings is 2. The molecule has 0 saturated carbocycles. The summed E-state index contributed by atoms with van der Waals surface area (Å²) < 4.78 is 46.0. The number of hydrogen-bond donors (Lipinski definition) is 1. The molecule has 0 aliphatic carbocycles. The molecule has 2 fully saturated rings. The third-order valence-corrected chi connectivity index (χ3v) is 6.95. The highest BCUT2D eigenvalue weighted by Crippen LogP contribution is 2.45. The third kappa shape index (κ3) is 4.68. The first-order chi connectivity index (χ1) is 16.1. The van der Waals surface area contributed by atoms with Crippen molar-refractivity contribution in [1.29, 1.82) is 5.26 Å². The summed E-state index contributed by atoms with van der Waals surface area (Å²) in [5.41, 5.74) is 0.659. The number of fused-ring (bicyclic) bond motifs is 1. The lowest BCUT2D eigenvalue weighted by atomic mass is 9.73. The highest BCUT2D eigenvalue weighted by molar-refractivity contribution is 5.89. The number of urea groups is 1. The van der Waals surface area contributed by atoms with Crippen LogP contribution in [0.1, 0.15) is 23.1 Å². The fourth-order valence-corrected chi connectivity index (χ4v) is 5.09. The SMILES string of the molecule is COCC12CCN(C(=O)Nc3ccc(C)cc3)CC1CN(c1ccc(C#N)c(C(F)(F)F)c1)C2. The zero-order valence-corrected chi connectivity index (χ0v) is 19.2. The monoisotopic (exact) mass is 472 g/mol. The number of alkyl halides is 3. The van der Waals surface area contributed by atoms with Gasteiger partial charge < -0.3 is 19.9 Å². The van der Waals surface area contributed by atoms with Crippen molar-refractivity contribution < 1.29 is 22.7 Å². The normalized spacial score (nSPS) is 22.3. The van der Waals surface area contributed by atoms with Crippen LogP contribution in [-0.4, -0.2) is 50.8 Å². The van der Waals surface area contributed by atoms with Gasteiger partial charge in [0.1, 0.15) is 0 Å². The molecule has 2 aromatic rings. The Morgan fingerprint density at radius 1 is 1.24 bits per heavy atom. The third-order valence-electron chi connectivity index (χ3n) is 6.95. The first-order valence-electron chi connectivity index (χ1n) is 11.1. The average molecular weight is 473 g/mol. The molecule has 2 saturated heterocycles. The van der Waals surface area contributed by atoms with Crippen molar-refractivity contribution >= 4 is 17.4 Å². The van der Waals surface area contributed by atoms with Gasteiger partial charge in [0.25, 0.3) is 0 Å². The van der Waals surface area contributed by atoms with Crippen LogP contribution in [0.3, 0.4) is 0 Å². The Morgan fingerprint density at radius 3 is 2.62 bits per heavy atom. The molecular formula is C25H27F3N4O2. The predicted octanol–water partition coefficient (Wildman–Crippen LogP) is 4.89. The quantitative estimate of drug-likeness (QED) is 0.688. The maximum Gasteiger partial charge on any atom is 0.417 e. The van der Waals surface area contributed by atoms with Crippen LogP contribution in [0.4, 0.5) is 29.3 Å². The number of nitriles is 1. The fourth-order valence-electron chi connectivity index (χ4n) is 5.09. The lowest BCUT2D eigenvalue weighted by molar-refractivity contribution is -0.137. The highest BCUT2D eigenvalue weighted by atomic mass is 19.4. The van der Waals surface area contributed by atoms with E-state index in [2.05, 4.69) is 5.32 Å². The zero-order chi connectivity index (χ0) is 24.5. The standard InChI is InChI=1S/C25H27F3N4O2/c1-17-3-6-20(7-4-17)30-23(33)31-10-9-24(16-34-2)15-32(14-19(24)13-31)21-8-5-18(12-29)22(11-21)25(26,27)28/h3-8,11,19H,9-10,13-16H2,1-2H3,(H,30,33). The number of rotatable bonds is 4. The molecule has 6 nitrogen and oxygen atoms in total. The number of halogens is 3. The Labute approximate surface area is 196 Å². The maximum absolute atomic E-state index is 13.5. The van der Waals surface area contributed by atoms with Crippen molar-refractivity contribution in [3.05, 3.63) is 59.2 Å². The second-order valence-electron chi connectivity index (χ2n) is 9.20. The Balaban J connectivity index is 1.53. The van der Waals surface area contributed by atoms with Gasteiger partial charge in [0.15, 0.2) is 0 Å². The second kappa shape index (κ2) is 9.18. The first kappa shape index (κ1) is 23.9. The van der Waals surface area contributed by atoms with Gasteiger partial charge in [-0.15, -0.1) is 0 Å². The molecule has 0 bridgehead atoms. The molecule has 2 heterocycles. The Bertz CT molecular complexity index is 1100. The molecule has 0 aromatic heterocycles. The summed E-state index contributed by atoms with van der Waals surface area (Å²) in [4.78, 5) is 16.6. The molecule has 2 amide bonds. The number of aryl methyl sites for hydroxylation is 1. The lowest BCUT2D eigenvalue weighted by Crippen LogP contribution is -2.51. The maximum atomic E-state index is 13.5.